The molecule has 2 aliphatic heterocycles. The fraction of sp³-hybridized carbons (Fsp3) is 0.256. The first-order valence-corrected chi connectivity index (χ1v) is 18.9. The first-order valence-electron chi connectivity index (χ1n) is 18.9. The minimum absolute atomic E-state index is 0.00576. The number of benzene rings is 4. The first kappa shape index (κ1) is 44.6. The van der Waals surface area contributed by atoms with Gasteiger partial charge in [0.2, 0.25) is 0 Å². The fourth-order valence-corrected chi connectivity index (χ4v) is 7.00. The van der Waals surface area contributed by atoms with Gasteiger partial charge in [-0.15, -0.1) is 0 Å². The summed E-state index contributed by atoms with van der Waals surface area (Å²) in [6, 6.07) is 12.6. The number of hydrogen-bond acceptors (Lipinski definition) is 14. The Kier molecular flexibility index (Phi) is 13.6. The molecule has 0 unspecified atom stereocenters. The Hall–Kier alpha value is -7.90. The molecule has 2 aliphatic rings. The van der Waals surface area contributed by atoms with Gasteiger partial charge in [0.15, 0.2) is 23.0 Å². The molecule has 0 spiro atoms. The van der Waals surface area contributed by atoms with Gasteiger partial charge in [-0.1, -0.05) is 24.3 Å². The molecule has 0 saturated carbocycles. The maximum atomic E-state index is 13.9. The third kappa shape index (κ3) is 9.54. The number of nitro groups is 2. The van der Waals surface area contributed by atoms with E-state index in [0.717, 1.165) is 48.3 Å². The number of carbonyl (C=O) groups excluding carboxylic acids is 4. The van der Waals surface area contributed by atoms with E-state index in [1.165, 1.54) is 75.2 Å². The molecule has 6 rings (SSSR count). The molecule has 4 aromatic carbocycles. The second kappa shape index (κ2) is 19.2. The van der Waals surface area contributed by atoms with Gasteiger partial charge in [0.25, 0.3) is 23.2 Å². The van der Waals surface area contributed by atoms with Crippen LogP contribution in [0.2, 0.25) is 0 Å². The molecule has 0 saturated heterocycles. The van der Waals surface area contributed by atoms with Gasteiger partial charge in [-0.2, -0.15) is 0 Å². The lowest BCUT2D eigenvalue weighted by Gasteiger charge is -2.22. The molecule has 2 atom stereocenters. The Morgan fingerprint density at radius 3 is 1.29 bits per heavy atom. The van der Waals surface area contributed by atoms with Crippen LogP contribution in [0.1, 0.15) is 51.1 Å². The van der Waals surface area contributed by atoms with Gasteiger partial charge in [-0.05, 0) is 46.5 Å². The van der Waals surface area contributed by atoms with Crippen molar-refractivity contribution in [1.29, 1.82) is 0 Å². The summed E-state index contributed by atoms with van der Waals surface area (Å²) in [7, 11) is 4.76. The topological polar surface area (TPSA) is 216 Å². The van der Waals surface area contributed by atoms with Crippen molar-refractivity contribution < 1.29 is 66.2 Å². The van der Waals surface area contributed by atoms with Crippen LogP contribution in [-0.2, 0) is 19.1 Å². The number of hydrogen-bond donors (Lipinski definition) is 0. The number of rotatable bonds is 16. The van der Waals surface area contributed by atoms with E-state index in [1.807, 2.05) is 0 Å². The van der Waals surface area contributed by atoms with Crippen molar-refractivity contribution >= 4 is 46.3 Å². The van der Waals surface area contributed by atoms with Crippen LogP contribution in [0.5, 0.6) is 23.0 Å². The molecule has 0 N–H and O–H groups in total. The molecule has 0 bridgehead atoms. The van der Waals surface area contributed by atoms with Crippen LogP contribution in [0, 0.1) is 31.9 Å². The summed E-state index contributed by atoms with van der Waals surface area (Å²) < 4.78 is 59.4. The van der Waals surface area contributed by atoms with E-state index in [-0.39, 0.29) is 55.5 Å². The number of amides is 2. The minimum atomic E-state index is -1.18. The van der Waals surface area contributed by atoms with Crippen molar-refractivity contribution in [1.82, 2.24) is 9.80 Å². The smallest absolute Gasteiger partial charge is 0.329 e. The van der Waals surface area contributed by atoms with Crippen LogP contribution in [0.25, 0.3) is 11.1 Å². The second-order valence-electron chi connectivity index (χ2n) is 13.8. The Morgan fingerprint density at radius 1 is 0.603 bits per heavy atom. The molecule has 0 radical (unpaired) electrons. The van der Waals surface area contributed by atoms with Crippen LogP contribution in [0.3, 0.4) is 0 Å². The van der Waals surface area contributed by atoms with Crippen molar-refractivity contribution in [3.8, 4) is 23.0 Å². The van der Waals surface area contributed by atoms with E-state index in [9.17, 15) is 48.2 Å². The predicted molar refractivity (Wildman–Crippen MR) is 217 cm³/mol. The zero-order valence-electron chi connectivity index (χ0n) is 34.0. The number of nitro benzene ring substituents is 2. The standard InChI is InChI=1S/C43H38F2N4O14/c1-58-36-18-30(40(50)46-22-26(16-34(46)42(52)60-3)24-6-10-28(44)11-7-24)32(48(54)55)20-38(36)62-14-5-15-63-39-21-33(49(56)57)31(19-37(39)59-2)41(51)47-23-27(17-35(47)43(53)61-4)25-8-12-29(45)13-9-25/h6-13,18-23,34-35H,5,14-17H2,1-4H3/t34-,35-/m0/s1. The molecule has 328 valence electrons. The number of esters is 2. The Labute approximate surface area is 357 Å². The van der Waals surface area contributed by atoms with Gasteiger partial charge in [0, 0.05) is 43.8 Å². The Balaban J connectivity index is 1.17. The lowest BCUT2D eigenvalue weighted by atomic mass is 10.0. The zero-order valence-corrected chi connectivity index (χ0v) is 34.0. The average Bonchev–Trinajstić information content (AvgIpc) is 3.94. The Morgan fingerprint density at radius 2 is 0.968 bits per heavy atom. The van der Waals surface area contributed by atoms with Crippen LogP contribution >= 0.6 is 0 Å². The van der Waals surface area contributed by atoms with E-state index >= 15 is 0 Å². The van der Waals surface area contributed by atoms with Crippen molar-refractivity contribution in [2.45, 2.75) is 31.3 Å². The van der Waals surface area contributed by atoms with Gasteiger partial charge in [0.05, 0.1) is 63.6 Å². The van der Waals surface area contributed by atoms with Crippen LogP contribution in [0.15, 0.2) is 85.2 Å². The predicted octanol–water partition coefficient (Wildman–Crippen LogP) is 6.50. The van der Waals surface area contributed by atoms with Gasteiger partial charge in [-0.25, -0.2) is 18.4 Å². The van der Waals surface area contributed by atoms with Gasteiger partial charge >= 0.3 is 11.9 Å². The van der Waals surface area contributed by atoms with Crippen molar-refractivity contribution in [3.63, 3.8) is 0 Å². The highest BCUT2D eigenvalue weighted by Gasteiger charge is 2.41. The van der Waals surface area contributed by atoms with Gasteiger partial charge in [0.1, 0.15) is 34.8 Å². The third-order valence-electron chi connectivity index (χ3n) is 10.2. The van der Waals surface area contributed by atoms with E-state index in [0.29, 0.717) is 22.3 Å². The number of nitrogens with zero attached hydrogens (tertiary/aromatic N) is 4. The molecule has 0 fully saturated rings. The SMILES string of the molecule is COC(=O)[C@@H]1CC(c2ccc(F)cc2)=CN1C(=O)c1cc(OC)c(OCCCOc2cc([N+](=O)[O-])c(C(=O)N3C=C(c4ccc(F)cc4)C[C@H]3C(=O)OC)cc2OC)cc1[N+](=O)[O-]. The summed E-state index contributed by atoms with van der Waals surface area (Å²) in [5.74, 6) is -4.74. The Bertz CT molecular complexity index is 2360. The number of ether oxygens (including phenoxy) is 6. The lowest BCUT2D eigenvalue weighted by Crippen LogP contribution is -2.39. The van der Waals surface area contributed by atoms with Gasteiger partial charge < -0.3 is 28.4 Å². The lowest BCUT2D eigenvalue weighted by molar-refractivity contribution is -0.385. The summed E-state index contributed by atoms with van der Waals surface area (Å²) in [4.78, 5) is 78.3. The van der Waals surface area contributed by atoms with E-state index < -0.39 is 79.8 Å². The zero-order chi connectivity index (χ0) is 45.5. The summed E-state index contributed by atoms with van der Waals surface area (Å²) in [6.45, 7) is -0.288. The summed E-state index contributed by atoms with van der Waals surface area (Å²) in [6.07, 6.45) is 2.78. The highest BCUT2D eigenvalue weighted by molar-refractivity contribution is 6.04. The van der Waals surface area contributed by atoms with Gasteiger partial charge in [-0.3, -0.25) is 39.6 Å². The van der Waals surface area contributed by atoms with Crippen molar-refractivity contribution in [3.05, 3.63) is 139 Å². The molecule has 18 nitrogen and oxygen atoms in total. The third-order valence-corrected chi connectivity index (χ3v) is 10.2. The van der Waals surface area contributed by atoms with Crippen LogP contribution in [-0.4, -0.2) is 97.1 Å². The van der Waals surface area contributed by atoms with Crippen LogP contribution < -0.4 is 18.9 Å². The van der Waals surface area contributed by atoms with Crippen molar-refractivity contribution in [2.24, 2.45) is 0 Å². The van der Waals surface area contributed by atoms with E-state index in [4.69, 9.17) is 28.4 Å². The normalized spacial score (nSPS) is 15.5. The summed E-state index contributed by atoms with van der Waals surface area (Å²) in [5.41, 5.74) is -0.175. The monoisotopic (exact) mass is 872 g/mol. The molecular weight excluding hydrogens is 834 g/mol. The molecule has 2 amide bonds. The second-order valence-corrected chi connectivity index (χ2v) is 13.8. The average molecular weight is 873 g/mol. The minimum Gasteiger partial charge on any atom is -0.493 e. The molecule has 63 heavy (non-hydrogen) atoms. The van der Waals surface area contributed by atoms with E-state index in [1.54, 1.807) is 0 Å². The number of methoxy groups -OCH3 is 4. The summed E-state index contributed by atoms with van der Waals surface area (Å²) in [5, 5.41) is 24.6. The number of carbonyl (C=O) groups is 4. The maximum absolute atomic E-state index is 13.9. The summed E-state index contributed by atoms with van der Waals surface area (Å²) >= 11 is 0. The first-order chi connectivity index (χ1) is 30.2. The molecule has 4 aromatic rings. The highest BCUT2D eigenvalue weighted by atomic mass is 19.1. The molecular formula is C43H38F2N4O14. The fourth-order valence-electron chi connectivity index (χ4n) is 7.00. The number of halogens is 2. The van der Waals surface area contributed by atoms with Crippen LogP contribution in [0.4, 0.5) is 20.2 Å². The maximum Gasteiger partial charge on any atom is 0.329 e. The van der Waals surface area contributed by atoms with E-state index in [2.05, 4.69) is 0 Å². The molecule has 2 heterocycles. The molecule has 0 aliphatic carbocycles. The largest absolute Gasteiger partial charge is 0.493 e. The van der Waals surface area contributed by atoms with Crippen molar-refractivity contribution in [2.75, 3.05) is 41.7 Å². The molecule has 0 aromatic heterocycles. The quantitative estimate of drug-likeness (QED) is 0.0508. The molecule has 20 heteroatoms. The highest BCUT2D eigenvalue weighted by Crippen LogP contribution is 2.40.